The van der Waals surface area contributed by atoms with E-state index < -0.39 is 0 Å². The van der Waals surface area contributed by atoms with Gasteiger partial charge in [-0.3, -0.25) is 0 Å². The van der Waals surface area contributed by atoms with Gasteiger partial charge in [0.2, 0.25) is 0 Å². The van der Waals surface area contributed by atoms with E-state index in [4.69, 9.17) is 4.74 Å². The van der Waals surface area contributed by atoms with Gasteiger partial charge in [-0.2, -0.15) is 0 Å². The lowest BCUT2D eigenvalue weighted by Gasteiger charge is -2.07. The minimum atomic E-state index is 0.617. The van der Waals surface area contributed by atoms with E-state index in [9.17, 15) is 0 Å². The van der Waals surface area contributed by atoms with Crippen LogP contribution in [0, 0.1) is 0 Å². The van der Waals surface area contributed by atoms with Crippen molar-refractivity contribution >= 4 is 11.3 Å². The minimum absolute atomic E-state index is 0.617. The van der Waals surface area contributed by atoms with E-state index in [0.29, 0.717) is 6.61 Å². The van der Waals surface area contributed by atoms with Crippen LogP contribution in [0.25, 0.3) is 11.1 Å². The van der Waals surface area contributed by atoms with Gasteiger partial charge >= 0.3 is 0 Å². The van der Waals surface area contributed by atoms with Crippen molar-refractivity contribution in [2.24, 2.45) is 0 Å². The molecule has 0 aliphatic rings. The first-order chi connectivity index (χ1) is 9.43. The molecule has 0 saturated carbocycles. The Hall–Kier alpha value is -2.06. The van der Waals surface area contributed by atoms with E-state index in [-0.39, 0.29) is 0 Å². The molecule has 2 aromatic carbocycles. The highest BCUT2D eigenvalue weighted by molar-refractivity contribution is 7.10. The molecular weight excluding hydrogens is 252 g/mol. The summed E-state index contributed by atoms with van der Waals surface area (Å²) in [6.07, 6.45) is 0. The molecular formula is C17H14OS. The van der Waals surface area contributed by atoms with Crippen LogP contribution in [0.5, 0.6) is 5.75 Å². The lowest BCUT2D eigenvalue weighted by atomic mass is 10.1. The summed E-state index contributed by atoms with van der Waals surface area (Å²) in [6, 6.07) is 22.5. The Morgan fingerprint density at radius 3 is 2.21 bits per heavy atom. The zero-order chi connectivity index (χ0) is 12.9. The first-order valence-corrected chi connectivity index (χ1v) is 7.11. The molecule has 0 saturated heterocycles. The standard InChI is InChI=1S/C17H14OS/c1-3-7-14(8-4-1)16-11-12-19-17(16)13-18-15-9-5-2-6-10-15/h1-12H,13H2. The molecule has 1 aromatic heterocycles. The van der Waals surface area contributed by atoms with Crippen molar-refractivity contribution in [2.45, 2.75) is 6.61 Å². The van der Waals surface area contributed by atoms with Gasteiger partial charge in [0.05, 0.1) is 0 Å². The molecule has 0 fully saturated rings. The second kappa shape index (κ2) is 5.72. The summed E-state index contributed by atoms with van der Waals surface area (Å²) >= 11 is 1.74. The third-order valence-electron chi connectivity index (χ3n) is 2.94. The van der Waals surface area contributed by atoms with Gasteiger partial charge in [0.15, 0.2) is 0 Å². The van der Waals surface area contributed by atoms with Crippen LogP contribution in [0.15, 0.2) is 72.1 Å². The summed E-state index contributed by atoms with van der Waals surface area (Å²) < 4.78 is 5.82. The van der Waals surface area contributed by atoms with Crippen LogP contribution in [0.1, 0.15) is 4.88 Å². The van der Waals surface area contributed by atoms with Crippen molar-refractivity contribution in [1.29, 1.82) is 0 Å². The van der Waals surface area contributed by atoms with Crippen molar-refractivity contribution in [3.63, 3.8) is 0 Å². The molecule has 0 atom stereocenters. The van der Waals surface area contributed by atoms with Crippen LogP contribution in [-0.4, -0.2) is 0 Å². The Kier molecular flexibility index (Phi) is 3.61. The Bertz CT molecular complexity index is 629. The number of para-hydroxylation sites is 1. The molecule has 0 radical (unpaired) electrons. The topological polar surface area (TPSA) is 9.23 Å². The zero-order valence-electron chi connectivity index (χ0n) is 10.5. The Morgan fingerprint density at radius 2 is 1.47 bits per heavy atom. The van der Waals surface area contributed by atoms with Crippen molar-refractivity contribution in [3.05, 3.63) is 77.0 Å². The molecule has 3 aromatic rings. The second-order valence-corrected chi connectivity index (χ2v) is 5.23. The minimum Gasteiger partial charge on any atom is -0.488 e. The van der Waals surface area contributed by atoms with E-state index in [1.54, 1.807) is 11.3 Å². The molecule has 0 bridgehead atoms. The normalized spacial score (nSPS) is 10.3. The van der Waals surface area contributed by atoms with Crippen molar-refractivity contribution in [3.8, 4) is 16.9 Å². The molecule has 0 N–H and O–H groups in total. The SMILES string of the molecule is c1ccc(OCc2sccc2-c2ccccc2)cc1. The number of benzene rings is 2. The van der Waals surface area contributed by atoms with Gasteiger partial charge in [-0.25, -0.2) is 0 Å². The monoisotopic (exact) mass is 266 g/mol. The Morgan fingerprint density at radius 1 is 0.789 bits per heavy atom. The zero-order valence-corrected chi connectivity index (χ0v) is 11.3. The van der Waals surface area contributed by atoms with Gasteiger partial charge in [-0.05, 0) is 34.7 Å². The molecule has 0 aliphatic carbocycles. The maximum Gasteiger partial charge on any atom is 0.123 e. The molecule has 0 spiro atoms. The average Bonchev–Trinajstić information content (AvgIpc) is 2.95. The van der Waals surface area contributed by atoms with Crippen LogP contribution in [-0.2, 0) is 6.61 Å². The lowest BCUT2D eigenvalue weighted by molar-refractivity contribution is 0.310. The van der Waals surface area contributed by atoms with Gasteiger partial charge in [0.1, 0.15) is 12.4 Å². The van der Waals surface area contributed by atoms with Gasteiger partial charge in [-0.1, -0.05) is 48.5 Å². The molecule has 0 aliphatic heterocycles. The van der Waals surface area contributed by atoms with E-state index in [0.717, 1.165) is 5.75 Å². The fraction of sp³-hybridized carbons (Fsp3) is 0.0588. The van der Waals surface area contributed by atoms with Crippen molar-refractivity contribution in [2.75, 3.05) is 0 Å². The molecule has 94 valence electrons. The summed E-state index contributed by atoms with van der Waals surface area (Å²) in [5.41, 5.74) is 2.51. The Labute approximate surface area is 117 Å². The first-order valence-electron chi connectivity index (χ1n) is 6.23. The fourth-order valence-electron chi connectivity index (χ4n) is 1.99. The second-order valence-electron chi connectivity index (χ2n) is 4.23. The molecule has 19 heavy (non-hydrogen) atoms. The van der Waals surface area contributed by atoms with Crippen LogP contribution >= 0.6 is 11.3 Å². The third-order valence-corrected chi connectivity index (χ3v) is 3.84. The number of ether oxygens (including phenoxy) is 1. The lowest BCUT2D eigenvalue weighted by Crippen LogP contribution is -1.94. The summed E-state index contributed by atoms with van der Waals surface area (Å²) in [5.74, 6) is 0.912. The quantitative estimate of drug-likeness (QED) is 0.646. The number of hydrogen-bond donors (Lipinski definition) is 0. The van der Waals surface area contributed by atoms with Gasteiger partial charge in [0, 0.05) is 4.88 Å². The van der Waals surface area contributed by atoms with E-state index in [1.807, 2.05) is 36.4 Å². The highest BCUT2D eigenvalue weighted by Gasteiger charge is 2.07. The fourth-order valence-corrected chi connectivity index (χ4v) is 2.80. The summed E-state index contributed by atoms with van der Waals surface area (Å²) in [6.45, 7) is 0.617. The molecule has 1 nitrogen and oxygen atoms in total. The van der Waals surface area contributed by atoms with E-state index in [1.165, 1.54) is 16.0 Å². The van der Waals surface area contributed by atoms with Gasteiger partial charge < -0.3 is 4.74 Å². The predicted octanol–water partition coefficient (Wildman–Crippen LogP) is 4.99. The molecule has 1 heterocycles. The van der Waals surface area contributed by atoms with Crippen LogP contribution < -0.4 is 4.74 Å². The summed E-state index contributed by atoms with van der Waals surface area (Å²) in [4.78, 5) is 1.26. The van der Waals surface area contributed by atoms with E-state index in [2.05, 4.69) is 35.7 Å². The predicted molar refractivity (Wildman–Crippen MR) is 80.5 cm³/mol. The van der Waals surface area contributed by atoms with Crippen molar-refractivity contribution < 1.29 is 4.74 Å². The highest BCUT2D eigenvalue weighted by Crippen LogP contribution is 2.29. The number of thiophene rings is 1. The van der Waals surface area contributed by atoms with Gasteiger partial charge in [0.25, 0.3) is 0 Å². The molecule has 3 rings (SSSR count). The average molecular weight is 266 g/mol. The number of rotatable bonds is 4. The van der Waals surface area contributed by atoms with Crippen LogP contribution in [0.4, 0.5) is 0 Å². The van der Waals surface area contributed by atoms with Crippen LogP contribution in [0.3, 0.4) is 0 Å². The summed E-state index contributed by atoms with van der Waals surface area (Å²) in [5, 5.41) is 2.12. The maximum absolute atomic E-state index is 5.82. The smallest absolute Gasteiger partial charge is 0.123 e. The molecule has 0 amide bonds. The largest absolute Gasteiger partial charge is 0.488 e. The summed E-state index contributed by atoms with van der Waals surface area (Å²) in [7, 11) is 0. The Balaban J connectivity index is 1.78. The third kappa shape index (κ3) is 2.85. The first kappa shape index (κ1) is 12.0. The van der Waals surface area contributed by atoms with Gasteiger partial charge in [-0.15, -0.1) is 11.3 Å². The van der Waals surface area contributed by atoms with Crippen molar-refractivity contribution in [1.82, 2.24) is 0 Å². The highest BCUT2D eigenvalue weighted by atomic mass is 32.1. The van der Waals surface area contributed by atoms with E-state index >= 15 is 0 Å². The molecule has 0 unspecified atom stereocenters. The maximum atomic E-state index is 5.82. The molecule has 2 heteroatoms. The van der Waals surface area contributed by atoms with Crippen LogP contribution in [0.2, 0.25) is 0 Å². The number of hydrogen-bond acceptors (Lipinski definition) is 2.